The highest BCUT2D eigenvalue weighted by atomic mass is 16.5. The lowest BCUT2D eigenvalue weighted by molar-refractivity contribution is -0.122. The fraction of sp³-hybridized carbons (Fsp3) is 0.0909. The summed E-state index contributed by atoms with van der Waals surface area (Å²) < 4.78 is 5.81. The van der Waals surface area contributed by atoms with Crippen LogP contribution in [0.15, 0.2) is 66.7 Å². The van der Waals surface area contributed by atoms with Crippen molar-refractivity contribution in [2.75, 3.05) is 5.32 Å². The predicted octanol–water partition coefficient (Wildman–Crippen LogP) is 4.60. The predicted molar refractivity (Wildman–Crippen MR) is 106 cm³/mol. The number of aromatic amines is 1. The summed E-state index contributed by atoms with van der Waals surface area (Å²) in [6, 6.07) is 22.7. The van der Waals surface area contributed by atoms with Crippen molar-refractivity contribution in [2.24, 2.45) is 0 Å². The third-order valence-electron chi connectivity index (χ3n) is 4.42. The quantitative estimate of drug-likeness (QED) is 0.562. The molecular formula is C22H17N3O2. The Labute approximate surface area is 156 Å². The Morgan fingerprint density at radius 1 is 1.04 bits per heavy atom. The number of ether oxygens (including phenoxy) is 1. The zero-order valence-electron chi connectivity index (χ0n) is 14.7. The van der Waals surface area contributed by atoms with Crippen molar-refractivity contribution in [3.63, 3.8) is 0 Å². The Kier molecular flexibility index (Phi) is 4.23. The zero-order valence-corrected chi connectivity index (χ0v) is 14.7. The summed E-state index contributed by atoms with van der Waals surface area (Å²) in [5, 5.41) is 14.0. The number of hydrogen-bond donors (Lipinski definition) is 2. The van der Waals surface area contributed by atoms with Gasteiger partial charge in [0.1, 0.15) is 5.75 Å². The maximum Gasteiger partial charge on any atom is 0.265 e. The standard InChI is InChI=1S/C22H17N3O2/c1-14(22(26)24-16-6-4-5-15(11-16)13-23)27-17-9-10-19-18-7-2-3-8-20(18)25-21(19)12-17/h2-12,14,25H,1H3,(H,24,26)/t14-/m0/s1. The molecule has 1 atom stereocenters. The number of H-pyrrole nitrogens is 1. The molecule has 0 aliphatic carbocycles. The minimum absolute atomic E-state index is 0.276. The smallest absolute Gasteiger partial charge is 0.265 e. The highest BCUT2D eigenvalue weighted by Crippen LogP contribution is 2.28. The molecule has 0 aliphatic rings. The number of anilines is 1. The van der Waals surface area contributed by atoms with Gasteiger partial charge in [0.25, 0.3) is 5.91 Å². The number of rotatable bonds is 4. The van der Waals surface area contributed by atoms with Crippen LogP contribution in [0.5, 0.6) is 5.75 Å². The third-order valence-corrected chi connectivity index (χ3v) is 4.42. The Bertz CT molecular complexity index is 1190. The molecule has 1 amide bonds. The minimum atomic E-state index is -0.683. The van der Waals surface area contributed by atoms with E-state index in [1.165, 1.54) is 0 Å². The van der Waals surface area contributed by atoms with Crippen molar-refractivity contribution in [3.8, 4) is 11.8 Å². The lowest BCUT2D eigenvalue weighted by Crippen LogP contribution is -2.30. The molecule has 0 aliphatic heterocycles. The molecule has 1 aromatic heterocycles. The topological polar surface area (TPSA) is 77.9 Å². The molecular weight excluding hydrogens is 338 g/mol. The summed E-state index contributed by atoms with van der Waals surface area (Å²) in [4.78, 5) is 15.8. The van der Waals surface area contributed by atoms with Crippen LogP contribution >= 0.6 is 0 Å². The summed E-state index contributed by atoms with van der Waals surface area (Å²) in [5.74, 6) is 0.337. The van der Waals surface area contributed by atoms with Gasteiger partial charge in [-0.05, 0) is 43.3 Å². The molecule has 1 heterocycles. The van der Waals surface area contributed by atoms with E-state index in [-0.39, 0.29) is 5.91 Å². The Balaban J connectivity index is 1.51. The van der Waals surface area contributed by atoms with E-state index >= 15 is 0 Å². The molecule has 0 fully saturated rings. The molecule has 0 saturated carbocycles. The van der Waals surface area contributed by atoms with Gasteiger partial charge in [0.05, 0.1) is 17.1 Å². The van der Waals surface area contributed by atoms with Gasteiger partial charge in [-0.2, -0.15) is 5.26 Å². The fourth-order valence-corrected chi connectivity index (χ4v) is 3.08. The van der Waals surface area contributed by atoms with Gasteiger partial charge >= 0.3 is 0 Å². The van der Waals surface area contributed by atoms with E-state index in [9.17, 15) is 4.79 Å². The Morgan fingerprint density at radius 3 is 2.70 bits per heavy atom. The number of carbonyl (C=O) groups is 1. The van der Waals surface area contributed by atoms with E-state index in [4.69, 9.17) is 10.00 Å². The van der Waals surface area contributed by atoms with Crippen molar-refractivity contribution in [1.82, 2.24) is 4.98 Å². The van der Waals surface area contributed by atoms with Crippen LogP contribution in [0.3, 0.4) is 0 Å². The van der Waals surface area contributed by atoms with Crippen LogP contribution < -0.4 is 10.1 Å². The first kappa shape index (κ1) is 16.7. The molecule has 0 radical (unpaired) electrons. The fourth-order valence-electron chi connectivity index (χ4n) is 3.08. The monoisotopic (exact) mass is 355 g/mol. The second-order valence-corrected chi connectivity index (χ2v) is 6.32. The second kappa shape index (κ2) is 6.85. The normalized spacial score (nSPS) is 11.9. The molecule has 2 N–H and O–H groups in total. The number of nitrogens with one attached hydrogen (secondary N) is 2. The van der Waals surface area contributed by atoms with Gasteiger partial charge in [0, 0.05) is 28.0 Å². The van der Waals surface area contributed by atoms with Crippen LogP contribution in [0.4, 0.5) is 5.69 Å². The summed E-state index contributed by atoms with van der Waals surface area (Å²) >= 11 is 0. The summed E-state index contributed by atoms with van der Waals surface area (Å²) in [6.07, 6.45) is -0.683. The van der Waals surface area contributed by atoms with Gasteiger partial charge in [-0.25, -0.2) is 0 Å². The van der Waals surface area contributed by atoms with Crippen LogP contribution in [0.2, 0.25) is 0 Å². The molecule has 0 spiro atoms. The first-order valence-electron chi connectivity index (χ1n) is 8.62. The number of nitrogens with zero attached hydrogens (tertiary/aromatic N) is 1. The van der Waals surface area contributed by atoms with Gasteiger partial charge in [-0.15, -0.1) is 0 Å². The van der Waals surface area contributed by atoms with Gasteiger partial charge < -0.3 is 15.0 Å². The van der Waals surface area contributed by atoms with Crippen LogP contribution in [-0.4, -0.2) is 17.0 Å². The summed E-state index contributed by atoms with van der Waals surface area (Å²) in [7, 11) is 0. The number of hydrogen-bond acceptors (Lipinski definition) is 3. The SMILES string of the molecule is C[C@H](Oc1ccc2c(c1)[nH]c1ccccc12)C(=O)Nc1cccc(C#N)c1. The zero-order chi connectivity index (χ0) is 18.8. The number of nitriles is 1. The number of fused-ring (bicyclic) bond motifs is 3. The number of benzene rings is 3. The van der Waals surface area contributed by atoms with E-state index in [1.54, 1.807) is 31.2 Å². The first-order valence-corrected chi connectivity index (χ1v) is 8.62. The van der Waals surface area contributed by atoms with Gasteiger partial charge in [-0.3, -0.25) is 4.79 Å². The number of amides is 1. The van der Waals surface area contributed by atoms with Crippen molar-refractivity contribution in [3.05, 3.63) is 72.3 Å². The largest absolute Gasteiger partial charge is 0.481 e. The minimum Gasteiger partial charge on any atom is -0.481 e. The third kappa shape index (κ3) is 3.33. The first-order chi connectivity index (χ1) is 13.1. The number of para-hydroxylation sites is 1. The molecule has 132 valence electrons. The van der Waals surface area contributed by atoms with Gasteiger partial charge in [0.2, 0.25) is 0 Å². The molecule has 3 aromatic carbocycles. The van der Waals surface area contributed by atoms with E-state index < -0.39 is 6.10 Å². The number of aromatic nitrogens is 1. The van der Waals surface area contributed by atoms with E-state index in [2.05, 4.69) is 22.4 Å². The van der Waals surface area contributed by atoms with Crippen LogP contribution in [-0.2, 0) is 4.79 Å². The maximum atomic E-state index is 12.4. The average molecular weight is 355 g/mol. The molecule has 5 nitrogen and oxygen atoms in total. The maximum absolute atomic E-state index is 12.4. The van der Waals surface area contributed by atoms with Crippen molar-refractivity contribution in [2.45, 2.75) is 13.0 Å². The van der Waals surface area contributed by atoms with Gasteiger partial charge in [0.15, 0.2) is 6.10 Å². The molecule has 0 unspecified atom stereocenters. The van der Waals surface area contributed by atoms with Crippen molar-refractivity contribution >= 4 is 33.4 Å². The average Bonchev–Trinajstić information content (AvgIpc) is 3.05. The molecule has 4 rings (SSSR count). The molecule has 5 heteroatoms. The van der Waals surface area contributed by atoms with E-state index in [0.717, 1.165) is 21.8 Å². The Morgan fingerprint density at radius 2 is 1.85 bits per heavy atom. The van der Waals surface area contributed by atoms with Crippen molar-refractivity contribution in [1.29, 1.82) is 5.26 Å². The van der Waals surface area contributed by atoms with E-state index in [0.29, 0.717) is 17.0 Å². The van der Waals surface area contributed by atoms with E-state index in [1.807, 2.05) is 36.4 Å². The second-order valence-electron chi connectivity index (χ2n) is 6.32. The van der Waals surface area contributed by atoms with Crippen LogP contribution in [0.25, 0.3) is 21.8 Å². The molecule has 27 heavy (non-hydrogen) atoms. The number of carbonyl (C=O) groups excluding carboxylic acids is 1. The lowest BCUT2D eigenvalue weighted by atomic mass is 10.1. The Hall–Kier alpha value is -3.78. The highest BCUT2D eigenvalue weighted by molar-refractivity contribution is 6.07. The van der Waals surface area contributed by atoms with Crippen molar-refractivity contribution < 1.29 is 9.53 Å². The van der Waals surface area contributed by atoms with Gasteiger partial charge in [-0.1, -0.05) is 24.3 Å². The summed E-state index contributed by atoms with van der Waals surface area (Å²) in [5.41, 5.74) is 3.09. The van der Waals surface area contributed by atoms with Crippen LogP contribution in [0, 0.1) is 11.3 Å². The lowest BCUT2D eigenvalue weighted by Gasteiger charge is -2.15. The molecule has 0 bridgehead atoms. The highest BCUT2D eigenvalue weighted by Gasteiger charge is 2.16. The molecule has 4 aromatic rings. The summed E-state index contributed by atoms with van der Waals surface area (Å²) in [6.45, 7) is 1.69. The van der Waals surface area contributed by atoms with Crippen LogP contribution in [0.1, 0.15) is 12.5 Å². The molecule has 0 saturated heterocycles.